The van der Waals surface area contributed by atoms with Crippen molar-refractivity contribution in [2.75, 3.05) is 7.11 Å². The molecule has 0 radical (unpaired) electrons. The standard InChI is InChI=1S/C21H20O6.C21H20O5/c1-27-21-11-15(5-9-20(21)26)3-7-18(24)12-17(23)6-2-14-4-8-19(25)16(10-14)13-22;1-14-10-15(4-8-20(14)25)2-6-18(23)12-19(24)7-3-16-5-9-21(26)17(11-16)13-22/h2-12,22-23,25-26H,13H2,1H3;2-11,22,25-26H,12-13H2,1H3/b6-2+,7-3+,17-12?;6-2+,7-3+. The monoisotopic (exact) mass is 720 g/mol. The van der Waals surface area contributed by atoms with Crippen molar-refractivity contribution in [1.82, 2.24) is 0 Å². The summed E-state index contributed by atoms with van der Waals surface area (Å²) >= 11 is 0. The minimum Gasteiger partial charge on any atom is -0.508 e. The molecule has 11 nitrogen and oxygen atoms in total. The van der Waals surface area contributed by atoms with Crippen molar-refractivity contribution in [3.8, 4) is 28.7 Å². The van der Waals surface area contributed by atoms with Gasteiger partial charge in [-0.05, 0) is 108 Å². The van der Waals surface area contributed by atoms with Gasteiger partial charge in [-0.25, -0.2) is 0 Å². The highest BCUT2D eigenvalue weighted by atomic mass is 16.5. The van der Waals surface area contributed by atoms with E-state index in [4.69, 9.17) is 14.9 Å². The third-order valence-corrected chi connectivity index (χ3v) is 7.42. The normalized spacial score (nSPS) is 11.7. The molecule has 274 valence electrons. The summed E-state index contributed by atoms with van der Waals surface area (Å²) in [6.07, 6.45) is 12.3. The summed E-state index contributed by atoms with van der Waals surface area (Å²) in [7, 11) is 1.43. The molecule has 0 aliphatic rings. The number of methoxy groups -OCH3 is 1. The lowest BCUT2D eigenvalue weighted by atomic mass is 10.1. The Bertz CT molecular complexity index is 2080. The summed E-state index contributed by atoms with van der Waals surface area (Å²) in [5.74, 6) is -0.886. The number of aliphatic hydroxyl groups excluding tert-OH is 3. The summed E-state index contributed by atoms with van der Waals surface area (Å²) in [5, 5.41) is 66.1. The van der Waals surface area contributed by atoms with Crippen LogP contribution in [0.2, 0.25) is 0 Å². The average molecular weight is 721 g/mol. The number of allylic oxidation sites excluding steroid dienone is 5. The van der Waals surface area contributed by atoms with Crippen molar-refractivity contribution in [1.29, 1.82) is 0 Å². The van der Waals surface area contributed by atoms with Crippen molar-refractivity contribution in [2.24, 2.45) is 0 Å². The van der Waals surface area contributed by atoms with E-state index < -0.39 is 5.78 Å². The average Bonchev–Trinajstić information content (AvgIpc) is 3.14. The van der Waals surface area contributed by atoms with Gasteiger partial charge in [0.25, 0.3) is 0 Å². The van der Waals surface area contributed by atoms with Crippen LogP contribution in [0.4, 0.5) is 0 Å². The molecule has 4 aromatic rings. The van der Waals surface area contributed by atoms with Crippen LogP contribution in [0.1, 0.15) is 45.4 Å². The Labute approximate surface area is 306 Å². The number of aliphatic hydroxyl groups is 3. The fourth-order valence-electron chi connectivity index (χ4n) is 4.52. The Morgan fingerprint density at radius 2 is 1.02 bits per heavy atom. The molecule has 0 fully saturated rings. The minimum atomic E-state index is -0.425. The van der Waals surface area contributed by atoms with Crippen molar-refractivity contribution >= 4 is 41.7 Å². The summed E-state index contributed by atoms with van der Waals surface area (Å²) in [5.41, 5.74) is 4.14. The molecule has 4 rings (SSSR count). The van der Waals surface area contributed by atoms with E-state index in [-0.39, 0.29) is 60.0 Å². The van der Waals surface area contributed by atoms with Gasteiger partial charge in [0.15, 0.2) is 28.8 Å². The second-order valence-electron chi connectivity index (χ2n) is 11.5. The molecule has 53 heavy (non-hydrogen) atoms. The summed E-state index contributed by atoms with van der Waals surface area (Å²) in [6.45, 7) is 1.15. The van der Waals surface area contributed by atoms with Gasteiger partial charge >= 0.3 is 0 Å². The number of carbonyl (C=O) groups excluding carboxylic acids is 3. The maximum absolute atomic E-state index is 11.9. The molecule has 7 N–H and O–H groups in total. The van der Waals surface area contributed by atoms with E-state index >= 15 is 0 Å². The Morgan fingerprint density at radius 3 is 1.51 bits per heavy atom. The zero-order valence-corrected chi connectivity index (χ0v) is 29.0. The first-order valence-electron chi connectivity index (χ1n) is 16.1. The number of phenols is 4. The van der Waals surface area contributed by atoms with Gasteiger partial charge < -0.3 is 40.5 Å². The number of aryl methyl sites for hydroxylation is 1. The van der Waals surface area contributed by atoms with E-state index in [2.05, 4.69) is 0 Å². The van der Waals surface area contributed by atoms with Crippen LogP contribution in [0.25, 0.3) is 24.3 Å². The van der Waals surface area contributed by atoms with E-state index in [1.807, 2.05) is 0 Å². The molecular weight excluding hydrogens is 680 g/mol. The number of aromatic hydroxyl groups is 4. The van der Waals surface area contributed by atoms with E-state index in [9.17, 15) is 39.9 Å². The predicted molar refractivity (Wildman–Crippen MR) is 202 cm³/mol. The molecule has 0 aromatic heterocycles. The Hall–Kier alpha value is -6.69. The minimum absolute atomic E-state index is 0.00207. The van der Waals surface area contributed by atoms with Crippen molar-refractivity contribution < 1.29 is 54.9 Å². The molecular formula is C42H40O11. The van der Waals surface area contributed by atoms with Gasteiger partial charge in [0.2, 0.25) is 0 Å². The van der Waals surface area contributed by atoms with Gasteiger partial charge in [-0.15, -0.1) is 0 Å². The third-order valence-electron chi connectivity index (χ3n) is 7.42. The number of phenolic OH excluding ortho intramolecular Hbond substituents is 2. The van der Waals surface area contributed by atoms with E-state index in [0.717, 1.165) is 11.6 Å². The SMILES string of the molecule is COc1cc(/C=C/C(=O)C=C(O)/C=C/c2ccc(O)c(CO)c2)ccc1O.Cc1cc(/C=C/C(=O)CC(=O)/C=C/c2ccc(O)c(CO)c2)ccc1O. The first kappa shape index (κ1) is 40.7. The molecule has 0 atom stereocenters. The number of hydrogen-bond donors (Lipinski definition) is 7. The molecule has 4 aromatic carbocycles. The summed E-state index contributed by atoms with van der Waals surface area (Å²) in [6, 6.07) is 18.8. The summed E-state index contributed by atoms with van der Waals surface area (Å²) < 4.78 is 4.99. The lowest BCUT2D eigenvalue weighted by Crippen LogP contribution is -2.01. The molecule has 0 aliphatic heterocycles. The Morgan fingerprint density at radius 1 is 0.585 bits per heavy atom. The van der Waals surface area contributed by atoms with Gasteiger partial charge in [-0.2, -0.15) is 0 Å². The van der Waals surface area contributed by atoms with Crippen molar-refractivity contribution in [2.45, 2.75) is 26.6 Å². The zero-order chi connectivity index (χ0) is 38.9. The molecule has 0 saturated heterocycles. The van der Waals surface area contributed by atoms with E-state index in [0.29, 0.717) is 39.1 Å². The van der Waals surface area contributed by atoms with Crippen molar-refractivity contribution in [3.05, 3.63) is 148 Å². The fourth-order valence-corrected chi connectivity index (χ4v) is 4.52. The van der Waals surface area contributed by atoms with Crippen LogP contribution in [-0.2, 0) is 27.6 Å². The number of benzene rings is 4. The molecule has 0 heterocycles. The van der Waals surface area contributed by atoms with Crippen LogP contribution >= 0.6 is 0 Å². The first-order valence-corrected chi connectivity index (χ1v) is 16.1. The second-order valence-corrected chi connectivity index (χ2v) is 11.5. The van der Waals surface area contributed by atoms with Crippen LogP contribution in [-0.4, -0.2) is 60.2 Å². The maximum atomic E-state index is 11.9. The number of rotatable bonds is 14. The highest BCUT2D eigenvalue weighted by molar-refractivity contribution is 6.11. The van der Waals surface area contributed by atoms with Gasteiger partial charge in [-0.1, -0.05) is 48.6 Å². The van der Waals surface area contributed by atoms with Crippen LogP contribution in [0.3, 0.4) is 0 Å². The molecule has 0 aliphatic carbocycles. The molecule has 0 spiro atoms. The largest absolute Gasteiger partial charge is 0.508 e. The quantitative estimate of drug-likeness (QED) is 0.0325. The third kappa shape index (κ3) is 13.5. The van der Waals surface area contributed by atoms with Crippen LogP contribution in [0, 0.1) is 6.92 Å². The fraction of sp³-hybridized carbons (Fsp3) is 0.119. The topological polar surface area (TPSA) is 202 Å². The highest BCUT2D eigenvalue weighted by Gasteiger charge is 2.06. The van der Waals surface area contributed by atoms with E-state index in [1.165, 1.54) is 61.8 Å². The summed E-state index contributed by atoms with van der Waals surface area (Å²) in [4.78, 5) is 35.7. The lowest BCUT2D eigenvalue weighted by molar-refractivity contribution is -0.122. The molecule has 11 heteroatoms. The predicted octanol–water partition coefficient (Wildman–Crippen LogP) is 6.49. The van der Waals surface area contributed by atoms with Gasteiger partial charge in [0.1, 0.15) is 23.0 Å². The number of carbonyl (C=O) groups is 3. The highest BCUT2D eigenvalue weighted by Crippen LogP contribution is 2.27. The Kier molecular flexibility index (Phi) is 15.6. The van der Waals surface area contributed by atoms with Crippen LogP contribution in [0.5, 0.6) is 28.7 Å². The van der Waals surface area contributed by atoms with Gasteiger partial charge in [-0.3, -0.25) is 14.4 Å². The van der Waals surface area contributed by atoms with Crippen molar-refractivity contribution in [3.63, 3.8) is 0 Å². The Balaban J connectivity index is 0.000000286. The van der Waals surface area contributed by atoms with Gasteiger partial charge in [0, 0.05) is 17.2 Å². The zero-order valence-electron chi connectivity index (χ0n) is 29.0. The van der Waals surface area contributed by atoms with Crippen LogP contribution in [0.15, 0.2) is 109 Å². The van der Waals surface area contributed by atoms with E-state index in [1.54, 1.807) is 73.7 Å². The maximum Gasteiger partial charge on any atom is 0.182 e. The number of hydrogen-bond acceptors (Lipinski definition) is 11. The lowest BCUT2D eigenvalue weighted by Gasteiger charge is -2.03. The molecule has 0 unspecified atom stereocenters. The number of ketones is 3. The second kappa shape index (κ2) is 20.2. The van der Waals surface area contributed by atoms with Gasteiger partial charge in [0.05, 0.1) is 26.7 Å². The molecule has 0 bridgehead atoms. The number of ether oxygens (including phenoxy) is 1. The molecule has 0 saturated carbocycles. The molecule has 0 amide bonds. The van der Waals surface area contributed by atoms with Crippen LogP contribution < -0.4 is 4.74 Å². The smallest absolute Gasteiger partial charge is 0.182 e. The first-order chi connectivity index (χ1) is 25.3.